The van der Waals surface area contributed by atoms with E-state index in [0.717, 1.165) is 6.07 Å². The summed E-state index contributed by atoms with van der Waals surface area (Å²) in [7, 11) is 1.44. The van der Waals surface area contributed by atoms with Crippen LogP contribution >= 0.6 is 11.6 Å². The molecular formula is C11H12ClN3O6. The number of hydrogen-bond acceptors (Lipinski definition) is 6. The van der Waals surface area contributed by atoms with Crippen LogP contribution in [0.3, 0.4) is 0 Å². The highest BCUT2D eigenvalue weighted by Gasteiger charge is 2.26. The molecule has 1 N–H and O–H groups in total. The van der Waals surface area contributed by atoms with Crippen LogP contribution < -0.4 is 5.32 Å². The summed E-state index contributed by atoms with van der Waals surface area (Å²) in [5, 5.41) is 23.6. The Morgan fingerprint density at radius 3 is 2.48 bits per heavy atom. The molecule has 0 radical (unpaired) electrons. The molecule has 0 heterocycles. The molecule has 0 saturated heterocycles. The summed E-state index contributed by atoms with van der Waals surface area (Å²) in [5.41, 5.74) is -1.62. The van der Waals surface area contributed by atoms with Gasteiger partial charge in [0.25, 0.3) is 17.3 Å². The fraction of sp³-hybridized carbons (Fsp3) is 0.364. The van der Waals surface area contributed by atoms with Crippen molar-refractivity contribution in [1.29, 1.82) is 0 Å². The van der Waals surface area contributed by atoms with Crippen molar-refractivity contribution in [1.82, 2.24) is 5.32 Å². The summed E-state index contributed by atoms with van der Waals surface area (Å²) < 4.78 is 4.83. The molecule has 0 spiro atoms. The second-order valence-corrected chi connectivity index (χ2v) is 4.55. The third-order valence-corrected chi connectivity index (χ3v) is 2.88. The first-order valence-corrected chi connectivity index (χ1v) is 6.07. The monoisotopic (exact) mass is 317 g/mol. The number of benzene rings is 1. The van der Waals surface area contributed by atoms with E-state index in [0.29, 0.717) is 6.07 Å². The Kier molecular flexibility index (Phi) is 5.56. The molecule has 21 heavy (non-hydrogen) atoms. The van der Waals surface area contributed by atoms with E-state index in [9.17, 15) is 25.0 Å². The van der Waals surface area contributed by atoms with E-state index in [2.05, 4.69) is 5.32 Å². The number of nitrogens with one attached hydrogen (secondary N) is 1. The molecule has 0 bridgehead atoms. The predicted molar refractivity (Wildman–Crippen MR) is 73.6 cm³/mol. The number of halogens is 1. The van der Waals surface area contributed by atoms with Gasteiger partial charge in [0.05, 0.1) is 28.1 Å². The number of ether oxygens (including phenoxy) is 1. The van der Waals surface area contributed by atoms with Gasteiger partial charge in [-0.3, -0.25) is 25.0 Å². The zero-order valence-corrected chi connectivity index (χ0v) is 11.9. The molecule has 1 aromatic carbocycles. The molecule has 0 saturated carbocycles. The molecule has 0 aliphatic carbocycles. The number of hydrogen-bond donors (Lipinski definition) is 1. The Bertz CT molecular complexity index is 592. The summed E-state index contributed by atoms with van der Waals surface area (Å²) in [6.45, 7) is 1.85. The number of nitrogens with zero attached hydrogens (tertiary/aromatic N) is 2. The molecule has 0 aliphatic rings. The molecule has 0 fully saturated rings. The van der Waals surface area contributed by atoms with Crippen LogP contribution in [0.4, 0.5) is 11.4 Å². The van der Waals surface area contributed by atoms with E-state index in [1.54, 1.807) is 6.92 Å². The van der Waals surface area contributed by atoms with Crippen LogP contribution in [0.5, 0.6) is 0 Å². The Morgan fingerprint density at radius 1 is 1.38 bits per heavy atom. The first-order valence-electron chi connectivity index (χ1n) is 5.70. The molecule has 1 rings (SSSR count). The molecule has 0 aliphatic heterocycles. The molecule has 1 atom stereocenters. The van der Waals surface area contributed by atoms with Crippen LogP contribution in [0.25, 0.3) is 0 Å². The van der Waals surface area contributed by atoms with Crippen LogP contribution in [0, 0.1) is 20.2 Å². The van der Waals surface area contributed by atoms with Gasteiger partial charge >= 0.3 is 0 Å². The van der Waals surface area contributed by atoms with Gasteiger partial charge in [-0.05, 0) is 6.92 Å². The number of nitro benzene ring substituents is 2. The summed E-state index contributed by atoms with van der Waals surface area (Å²) in [6, 6.07) is 1.21. The zero-order chi connectivity index (χ0) is 16.2. The summed E-state index contributed by atoms with van der Waals surface area (Å²) in [4.78, 5) is 31.9. The topological polar surface area (TPSA) is 125 Å². The minimum atomic E-state index is -0.884. The van der Waals surface area contributed by atoms with Crippen LogP contribution in [0.1, 0.15) is 17.3 Å². The Morgan fingerprint density at radius 2 is 2.00 bits per heavy atom. The normalized spacial score (nSPS) is 11.8. The van der Waals surface area contributed by atoms with Crippen molar-refractivity contribution in [2.24, 2.45) is 0 Å². The third-order valence-electron chi connectivity index (χ3n) is 2.48. The average Bonchev–Trinajstić information content (AvgIpc) is 2.38. The smallest absolute Gasteiger partial charge is 0.295 e. The number of rotatable bonds is 6. The second kappa shape index (κ2) is 6.95. The van der Waals surface area contributed by atoms with Crippen LogP contribution in [0.2, 0.25) is 5.02 Å². The first-order chi connectivity index (χ1) is 9.77. The van der Waals surface area contributed by atoms with E-state index in [1.165, 1.54) is 7.11 Å². The highest BCUT2D eigenvalue weighted by Crippen LogP contribution is 2.32. The van der Waals surface area contributed by atoms with Crippen molar-refractivity contribution in [3.63, 3.8) is 0 Å². The lowest BCUT2D eigenvalue weighted by Gasteiger charge is -2.13. The molecule has 9 nitrogen and oxygen atoms in total. The lowest BCUT2D eigenvalue weighted by atomic mass is 10.1. The number of carbonyl (C=O) groups is 1. The molecular weight excluding hydrogens is 306 g/mol. The standard InChI is InChI=1S/C11H12ClN3O6/c1-6(5-21-2)13-11(16)8-3-7(14(17)18)4-9(10(8)12)15(19)20/h3-4,6H,5H2,1-2H3,(H,13,16). The summed E-state index contributed by atoms with van der Waals surface area (Å²) in [5.74, 6) is -0.753. The Hall–Kier alpha value is -2.26. The van der Waals surface area contributed by atoms with Gasteiger partial charge in [-0.1, -0.05) is 11.6 Å². The number of methoxy groups -OCH3 is 1. The number of carbonyl (C=O) groups excluding carboxylic acids is 1. The number of amides is 1. The second-order valence-electron chi connectivity index (χ2n) is 4.17. The molecule has 10 heteroatoms. The lowest BCUT2D eigenvalue weighted by Crippen LogP contribution is -2.35. The highest BCUT2D eigenvalue weighted by molar-refractivity contribution is 6.36. The van der Waals surface area contributed by atoms with Gasteiger partial charge in [-0.25, -0.2) is 0 Å². The van der Waals surface area contributed by atoms with Crippen molar-refractivity contribution in [2.45, 2.75) is 13.0 Å². The molecule has 114 valence electrons. The zero-order valence-electron chi connectivity index (χ0n) is 11.2. The number of nitro groups is 2. The van der Waals surface area contributed by atoms with Gasteiger partial charge in [-0.15, -0.1) is 0 Å². The van der Waals surface area contributed by atoms with Crippen molar-refractivity contribution < 1.29 is 19.4 Å². The Balaban J connectivity index is 3.24. The number of non-ortho nitro benzene ring substituents is 1. The third kappa shape index (κ3) is 4.10. The maximum atomic E-state index is 12.0. The molecule has 0 aromatic heterocycles. The fourth-order valence-corrected chi connectivity index (χ4v) is 1.85. The van der Waals surface area contributed by atoms with Crippen molar-refractivity contribution in [3.8, 4) is 0 Å². The highest BCUT2D eigenvalue weighted by atomic mass is 35.5. The van der Waals surface area contributed by atoms with Gasteiger partial charge in [0.15, 0.2) is 0 Å². The van der Waals surface area contributed by atoms with E-state index in [-0.39, 0.29) is 12.2 Å². The maximum absolute atomic E-state index is 12.0. The minimum absolute atomic E-state index is 0.209. The minimum Gasteiger partial charge on any atom is -0.383 e. The molecule has 1 amide bonds. The largest absolute Gasteiger partial charge is 0.383 e. The summed E-state index contributed by atoms with van der Waals surface area (Å²) in [6.07, 6.45) is 0. The van der Waals surface area contributed by atoms with E-state index < -0.39 is 38.2 Å². The Labute approximate surface area is 124 Å². The SMILES string of the molecule is COCC(C)NC(=O)c1cc([N+](=O)[O-])cc([N+](=O)[O-])c1Cl. The van der Waals surface area contributed by atoms with Gasteiger partial charge in [0.1, 0.15) is 5.02 Å². The quantitative estimate of drug-likeness (QED) is 0.631. The van der Waals surface area contributed by atoms with E-state index in [1.807, 2.05) is 0 Å². The molecule has 1 unspecified atom stereocenters. The fourth-order valence-electron chi connectivity index (χ4n) is 1.59. The van der Waals surface area contributed by atoms with Gasteiger partial charge < -0.3 is 10.1 Å². The van der Waals surface area contributed by atoms with Gasteiger partial charge in [0, 0.05) is 19.2 Å². The van der Waals surface area contributed by atoms with E-state index in [4.69, 9.17) is 16.3 Å². The first kappa shape index (κ1) is 16.8. The van der Waals surface area contributed by atoms with Gasteiger partial charge in [-0.2, -0.15) is 0 Å². The lowest BCUT2D eigenvalue weighted by molar-refractivity contribution is -0.394. The van der Waals surface area contributed by atoms with Crippen LogP contribution in [0.15, 0.2) is 12.1 Å². The van der Waals surface area contributed by atoms with Crippen LogP contribution in [-0.4, -0.2) is 35.5 Å². The van der Waals surface area contributed by atoms with Crippen LogP contribution in [-0.2, 0) is 4.74 Å². The summed E-state index contributed by atoms with van der Waals surface area (Å²) >= 11 is 5.78. The predicted octanol–water partition coefficient (Wildman–Crippen LogP) is 1.92. The maximum Gasteiger partial charge on any atom is 0.295 e. The van der Waals surface area contributed by atoms with E-state index >= 15 is 0 Å². The molecule has 1 aromatic rings. The van der Waals surface area contributed by atoms with Crippen molar-refractivity contribution in [3.05, 3.63) is 42.9 Å². The van der Waals surface area contributed by atoms with Crippen molar-refractivity contribution >= 4 is 28.9 Å². The van der Waals surface area contributed by atoms with Crippen molar-refractivity contribution in [2.75, 3.05) is 13.7 Å². The van der Waals surface area contributed by atoms with Gasteiger partial charge in [0.2, 0.25) is 0 Å². The average molecular weight is 318 g/mol.